The molecule has 0 aliphatic carbocycles. The standard InChI is InChI=1S/C14H9ClN2O3/c1-9-6-12(4-2-10(9)8-16)20-14-5-3-11(17(18)19)7-13(14)15/h2-7H,1H3. The summed E-state index contributed by atoms with van der Waals surface area (Å²) in [5.41, 5.74) is 1.24. The van der Waals surface area contributed by atoms with Crippen molar-refractivity contribution >= 4 is 17.3 Å². The first kappa shape index (κ1) is 13.8. The van der Waals surface area contributed by atoms with Crippen LogP contribution in [-0.4, -0.2) is 4.92 Å². The van der Waals surface area contributed by atoms with E-state index < -0.39 is 4.92 Å². The summed E-state index contributed by atoms with van der Waals surface area (Å²) < 4.78 is 5.56. The fourth-order valence-electron chi connectivity index (χ4n) is 1.64. The minimum Gasteiger partial charge on any atom is -0.456 e. The lowest BCUT2D eigenvalue weighted by atomic mass is 10.1. The second-order valence-electron chi connectivity index (χ2n) is 4.06. The molecule has 0 N–H and O–H groups in total. The molecule has 0 aliphatic heterocycles. The van der Waals surface area contributed by atoms with Crippen molar-refractivity contribution in [3.63, 3.8) is 0 Å². The fourth-order valence-corrected chi connectivity index (χ4v) is 1.85. The van der Waals surface area contributed by atoms with E-state index in [1.54, 1.807) is 25.1 Å². The third kappa shape index (κ3) is 2.87. The smallest absolute Gasteiger partial charge is 0.271 e. The fraction of sp³-hybridized carbons (Fsp3) is 0.0714. The number of halogens is 1. The first-order valence-corrected chi connectivity index (χ1v) is 6.01. The molecule has 0 saturated heterocycles. The average Bonchev–Trinajstić information content (AvgIpc) is 2.41. The van der Waals surface area contributed by atoms with E-state index in [-0.39, 0.29) is 10.7 Å². The molecule has 0 unspecified atom stereocenters. The van der Waals surface area contributed by atoms with Crippen molar-refractivity contribution in [2.24, 2.45) is 0 Å². The van der Waals surface area contributed by atoms with Gasteiger partial charge in [-0.1, -0.05) is 11.6 Å². The summed E-state index contributed by atoms with van der Waals surface area (Å²) in [6.07, 6.45) is 0. The molecule has 5 nitrogen and oxygen atoms in total. The molecule has 20 heavy (non-hydrogen) atoms. The molecular formula is C14H9ClN2O3. The van der Waals surface area contributed by atoms with Gasteiger partial charge in [0.25, 0.3) is 5.69 Å². The number of nitrogens with zero attached hydrogens (tertiary/aromatic N) is 2. The maximum absolute atomic E-state index is 10.6. The molecule has 2 rings (SSSR count). The number of nitro benzene ring substituents is 1. The maximum Gasteiger partial charge on any atom is 0.271 e. The van der Waals surface area contributed by atoms with E-state index in [0.29, 0.717) is 17.1 Å². The van der Waals surface area contributed by atoms with Gasteiger partial charge in [0.15, 0.2) is 0 Å². The minimum atomic E-state index is -0.526. The van der Waals surface area contributed by atoms with Crippen molar-refractivity contribution in [1.82, 2.24) is 0 Å². The molecular weight excluding hydrogens is 280 g/mol. The van der Waals surface area contributed by atoms with Crippen LogP contribution in [-0.2, 0) is 0 Å². The second kappa shape index (κ2) is 5.59. The van der Waals surface area contributed by atoms with Crippen LogP contribution in [0, 0.1) is 28.4 Å². The van der Waals surface area contributed by atoms with E-state index in [1.807, 2.05) is 0 Å². The molecule has 0 spiro atoms. The summed E-state index contributed by atoms with van der Waals surface area (Å²) in [5.74, 6) is 0.832. The number of hydrogen-bond acceptors (Lipinski definition) is 4. The van der Waals surface area contributed by atoms with Crippen molar-refractivity contribution in [1.29, 1.82) is 5.26 Å². The minimum absolute atomic E-state index is 0.0987. The highest BCUT2D eigenvalue weighted by molar-refractivity contribution is 6.32. The summed E-state index contributed by atoms with van der Waals surface area (Å²) in [4.78, 5) is 10.1. The van der Waals surface area contributed by atoms with Crippen LogP contribution in [0.5, 0.6) is 11.5 Å². The van der Waals surface area contributed by atoms with Gasteiger partial charge in [-0.3, -0.25) is 10.1 Å². The van der Waals surface area contributed by atoms with Crippen LogP contribution in [0.25, 0.3) is 0 Å². The van der Waals surface area contributed by atoms with Crippen LogP contribution in [0.15, 0.2) is 36.4 Å². The normalized spacial score (nSPS) is 9.85. The molecule has 0 saturated carbocycles. The van der Waals surface area contributed by atoms with Gasteiger partial charge in [-0.25, -0.2) is 0 Å². The van der Waals surface area contributed by atoms with E-state index in [1.165, 1.54) is 18.2 Å². The largest absolute Gasteiger partial charge is 0.456 e. The highest BCUT2D eigenvalue weighted by atomic mass is 35.5. The van der Waals surface area contributed by atoms with Gasteiger partial charge >= 0.3 is 0 Å². The molecule has 0 atom stereocenters. The van der Waals surface area contributed by atoms with Crippen molar-refractivity contribution in [3.8, 4) is 17.6 Å². The predicted molar refractivity (Wildman–Crippen MR) is 74.1 cm³/mol. The lowest BCUT2D eigenvalue weighted by molar-refractivity contribution is -0.384. The quantitative estimate of drug-likeness (QED) is 0.626. The third-order valence-corrected chi connectivity index (χ3v) is 2.97. The lowest BCUT2D eigenvalue weighted by Gasteiger charge is -2.08. The zero-order chi connectivity index (χ0) is 14.7. The van der Waals surface area contributed by atoms with Crippen LogP contribution in [0.1, 0.15) is 11.1 Å². The van der Waals surface area contributed by atoms with Crippen LogP contribution in [0.3, 0.4) is 0 Å². The lowest BCUT2D eigenvalue weighted by Crippen LogP contribution is -1.91. The van der Waals surface area contributed by atoms with Gasteiger partial charge < -0.3 is 4.74 Å². The Bertz CT molecular complexity index is 723. The monoisotopic (exact) mass is 288 g/mol. The number of rotatable bonds is 3. The van der Waals surface area contributed by atoms with E-state index >= 15 is 0 Å². The zero-order valence-electron chi connectivity index (χ0n) is 10.5. The van der Waals surface area contributed by atoms with Gasteiger partial charge in [0, 0.05) is 12.1 Å². The Hall–Kier alpha value is -2.58. The molecule has 0 heterocycles. The van der Waals surface area contributed by atoms with E-state index in [9.17, 15) is 10.1 Å². The van der Waals surface area contributed by atoms with Crippen LogP contribution in [0.2, 0.25) is 5.02 Å². The molecule has 0 aliphatic rings. The Balaban J connectivity index is 2.29. The SMILES string of the molecule is Cc1cc(Oc2ccc([N+](=O)[O-])cc2Cl)ccc1C#N. The molecule has 2 aromatic rings. The zero-order valence-corrected chi connectivity index (χ0v) is 11.2. The molecule has 0 amide bonds. The van der Waals surface area contributed by atoms with Crippen LogP contribution >= 0.6 is 11.6 Å². The first-order valence-electron chi connectivity index (χ1n) is 5.64. The maximum atomic E-state index is 10.6. The number of ether oxygens (including phenoxy) is 1. The summed E-state index contributed by atoms with van der Waals surface area (Å²) >= 11 is 5.94. The molecule has 6 heteroatoms. The number of benzene rings is 2. The topological polar surface area (TPSA) is 76.2 Å². The van der Waals surface area contributed by atoms with Gasteiger partial charge in [-0.15, -0.1) is 0 Å². The van der Waals surface area contributed by atoms with Gasteiger partial charge in [-0.05, 0) is 36.8 Å². The van der Waals surface area contributed by atoms with Crippen molar-refractivity contribution < 1.29 is 9.66 Å². The Kier molecular flexibility index (Phi) is 3.87. The third-order valence-electron chi connectivity index (χ3n) is 2.67. The Morgan fingerprint density at radius 1 is 1.30 bits per heavy atom. The number of nitro groups is 1. The Morgan fingerprint density at radius 2 is 2.05 bits per heavy atom. The number of nitriles is 1. The first-order chi connectivity index (χ1) is 9.51. The summed E-state index contributed by atoms with van der Waals surface area (Å²) in [7, 11) is 0. The number of aryl methyl sites for hydroxylation is 1. The molecule has 0 bridgehead atoms. The van der Waals surface area contributed by atoms with Gasteiger partial charge in [0.2, 0.25) is 0 Å². The van der Waals surface area contributed by atoms with Crippen molar-refractivity contribution in [3.05, 3.63) is 62.7 Å². The Morgan fingerprint density at radius 3 is 2.60 bits per heavy atom. The second-order valence-corrected chi connectivity index (χ2v) is 4.47. The molecule has 0 fully saturated rings. The average molecular weight is 289 g/mol. The van der Waals surface area contributed by atoms with Crippen molar-refractivity contribution in [2.45, 2.75) is 6.92 Å². The number of non-ortho nitro benzene ring substituents is 1. The molecule has 2 aromatic carbocycles. The Labute approximate surface area is 120 Å². The number of hydrogen-bond donors (Lipinski definition) is 0. The molecule has 0 radical (unpaired) electrons. The highest BCUT2D eigenvalue weighted by Gasteiger charge is 2.11. The highest BCUT2D eigenvalue weighted by Crippen LogP contribution is 2.32. The molecule has 0 aromatic heterocycles. The van der Waals surface area contributed by atoms with E-state index in [2.05, 4.69) is 6.07 Å². The predicted octanol–water partition coefficient (Wildman–Crippen LogP) is 4.22. The van der Waals surface area contributed by atoms with Gasteiger partial charge in [-0.2, -0.15) is 5.26 Å². The summed E-state index contributed by atoms with van der Waals surface area (Å²) in [6.45, 7) is 1.79. The van der Waals surface area contributed by atoms with Gasteiger partial charge in [0.05, 0.1) is 21.6 Å². The van der Waals surface area contributed by atoms with Crippen LogP contribution in [0.4, 0.5) is 5.69 Å². The van der Waals surface area contributed by atoms with Crippen molar-refractivity contribution in [2.75, 3.05) is 0 Å². The van der Waals surface area contributed by atoms with E-state index in [4.69, 9.17) is 21.6 Å². The van der Waals surface area contributed by atoms with E-state index in [0.717, 1.165) is 5.56 Å². The van der Waals surface area contributed by atoms with Crippen LogP contribution < -0.4 is 4.74 Å². The summed E-state index contributed by atoms with van der Waals surface area (Å²) in [5, 5.41) is 19.6. The molecule has 100 valence electrons. The van der Waals surface area contributed by atoms with Gasteiger partial charge in [0.1, 0.15) is 11.5 Å². The summed E-state index contributed by atoms with van der Waals surface area (Å²) in [6, 6.07) is 11.0.